The van der Waals surface area contributed by atoms with Gasteiger partial charge in [-0.3, -0.25) is 19.3 Å². The molecule has 3 unspecified atom stereocenters. The lowest BCUT2D eigenvalue weighted by atomic mass is 9.93. The largest absolute Gasteiger partial charge is 0.354 e. The number of likely N-dealkylation sites (tertiary alicyclic amines) is 3. The van der Waals surface area contributed by atoms with Crippen molar-refractivity contribution < 1.29 is 14.4 Å². The maximum atomic E-state index is 13.2. The Hall–Kier alpha value is -1.63. The summed E-state index contributed by atoms with van der Waals surface area (Å²) in [6.45, 7) is 8.49. The van der Waals surface area contributed by atoms with Gasteiger partial charge in [-0.2, -0.15) is 0 Å². The van der Waals surface area contributed by atoms with Crippen molar-refractivity contribution >= 4 is 17.7 Å². The van der Waals surface area contributed by atoms with Gasteiger partial charge in [0.25, 0.3) is 0 Å². The molecule has 4 aliphatic rings. The van der Waals surface area contributed by atoms with Crippen LogP contribution in [0.1, 0.15) is 52.4 Å². The molecule has 2 spiro atoms. The molecule has 27 heavy (non-hydrogen) atoms. The lowest BCUT2D eigenvalue weighted by Gasteiger charge is -2.36. The third-order valence-electron chi connectivity index (χ3n) is 7.28. The average Bonchev–Trinajstić information content (AvgIpc) is 3.37. The lowest BCUT2D eigenvalue weighted by Crippen LogP contribution is -2.53. The van der Waals surface area contributed by atoms with Crippen molar-refractivity contribution in [2.45, 2.75) is 63.5 Å². The van der Waals surface area contributed by atoms with E-state index in [1.165, 1.54) is 0 Å². The monoisotopic (exact) mass is 376 g/mol. The zero-order chi connectivity index (χ0) is 19.2. The highest BCUT2D eigenvalue weighted by molar-refractivity contribution is 5.93. The average molecular weight is 377 g/mol. The molecule has 7 heteroatoms. The van der Waals surface area contributed by atoms with Gasteiger partial charge < -0.3 is 15.1 Å². The van der Waals surface area contributed by atoms with Crippen molar-refractivity contribution in [3.05, 3.63) is 0 Å². The SMILES string of the molecule is CC(=O)N1CCCC12CCN(CC(C)CN1CCCC13CCNC3=O)C2=O. The van der Waals surface area contributed by atoms with Gasteiger partial charge in [-0.25, -0.2) is 0 Å². The van der Waals surface area contributed by atoms with Crippen molar-refractivity contribution in [3.63, 3.8) is 0 Å². The molecule has 7 nitrogen and oxygen atoms in total. The first-order valence-corrected chi connectivity index (χ1v) is 10.5. The van der Waals surface area contributed by atoms with Gasteiger partial charge in [0.15, 0.2) is 0 Å². The highest BCUT2D eigenvalue weighted by atomic mass is 16.2. The summed E-state index contributed by atoms with van der Waals surface area (Å²) in [5.74, 6) is 0.643. The normalized spacial score (nSPS) is 35.0. The van der Waals surface area contributed by atoms with Gasteiger partial charge in [0, 0.05) is 39.6 Å². The molecule has 0 aliphatic carbocycles. The standard InChI is InChI=1S/C20H32N4O3/c1-15(14-23-10-3-5-19(23)7-9-21-17(19)26)13-22-12-8-20(18(22)27)6-4-11-24(20)16(2)25/h15H,3-14H2,1-2H3,(H,21,26). The Labute approximate surface area is 161 Å². The van der Waals surface area contributed by atoms with Crippen LogP contribution >= 0.6 is 0 Å². The van der Waals surface area contributed by atoms with Gasteiger partial charge in [0.1, 0.15) is 11.1 Å². The molecule has 0 saturated carbocycles. The highest BCUT2D eigenvalue weighted by Gasteiger charge is 2.54. The fraction of sp³-hybridized carbons (Fsp3) is 0.850. The lowest BCUT2D eigenvalue weighted by molar-refractivity contribution is -0.145. The minimum absolute atomic E-state index is 0.0157. The number of hydrogen-bond donors (Lipinski definition) is 1. The van der Waals surface area contributed by atoms with E-state index in [4.69, 9.17) is 0 Å². The zero-order valence-electron chi connectivity index (χ0n) is 16.6. The number of nitrogens with zero attached hydrogens (tertiary/aromatic N) is 3. The van der Waals surface area contributed by atoms with Crippen LogP contribution in [-0.4, -0.2) is 82.8 Å². The van der Waals surface area contributed by atoms with Crippen molar-refractivity contribution in [3.8, 4) is 0 Å². The van der Waals surface area contributed by atoms with Crippen molar-refractivity contribution in [1.29, 1.82) is 0 Å². The number of carbonyl (C=O) groups is 3. The molecule has 1 N–H and O–H groups in total. The van der Waals surface area contributed by atoms with Crippen molar-refractivity contribution in [2.75, 3.05) is 39.3 Å². The van der Waals surface area contributed by atoms with Crippen LogP contribution < -0.4 is 5.32 Å². The van der Waals surface area contributed by atoms with Crippen LogP contribution in [0.15, 0.2) is 0 Å². The number of amides is 3. The molecule has 0 aromatic heterocycles. The predicted octanol–water partition coefficient (Wildman–Crippen LogP) is 0.590. The van der Waals surface area contributed by atoms with E-state index in [-0.39, 0.29) is 23.3 Å². The first-order valence-electron chi connectivity index (χ1n) is 10.5. The number of nitrogens with one attached hydrogen (secondary N) is 1. The third-order valence-corrected chi connectivity index (χ3v) is 7.28. The highest BCUT2D eigenvalue weighted by Crippen LogP contribution is 2.40. The smallest absolute Gasteiger partial charge is 0.248 e. The minimum atomic E-state index is -0.578. The molecular weight excluding hydrogens is 344 g/mol. The second kappa shape index (κ2) is 6.76. The first-order chi connectivity index (χ1) is 12.9. The summed E-state index contributed by atoms with van der Waals surface area (Å²) in [6.07, 6.45) is 5.39. The Morgan fingerprint density at radius 1 is 1.04 bits per heavy atom. The molecule has 0 aromatic rings. The van der Waals surface area contributed by atoms with Gasteiger partial charge in [-0.15, -0.1) is 0 Å². The van der Waals surface area contributed by atoms with Crippen LogP contribution in [0.4, 0.5) is 0 Å². The van der Waals surface area contributed by atoms with Gasteiger partial charge >= 0.3 is 0 Å². The van der Waals surface area contributed by atoms with Gasteiger partial charge in [0.05, 0.1) is 0 Å². The fourth-order valence-corrected chi connectivity index (χ4v) is 6.03. The molecular formula is C20H32N4O3. The van der Waals surface area contributed by atoms with Crippen molar-refractivity contribution in [1.82, 2.24) is 20.0 Å². The molecule has 150 valence electrons. The van der Waals surface area contributed by atoms with E-state index < -0.39 is 5.54 Å². The van der Waals surface area contributed by atoms with Crippen LogP contribution in [0, 0.1) is 5.92 Å². The molecule has 0 aromatic carbocycles. The maximum absolute atomic E-state index is 13.2. The Morgan fingerprint density at radius 3 is 2.48 bits per heavy atom. The van der Waals surface area contributed by atoms with Crippen LogP contribution in [0.3, 0.4) is 0 Å². The van der Waals surface area contributed by atoms with E-state index in [2.05, 4.69) is 17.1 Å². The second-order valence-electron chi connectivity index (χ2n) is 9.00. The van der Waals surface area contributed by atoms with E-state index in [0.717, 1.165) is 64.7 Å². The molecule has 0 bridgehead atoms. The third kappa shape index (κ3) is 2.85. The molecule has 4 rings (SSSR count). The zero-order valence-corrected chi connectivity index (χ0v) is 16.6. The fourth-order valence-electron chi connectivity index (χ4n) is 6.03. The summed E-state index contributed by atoms with van der Waals surface area (Å²) in [7, 11) is 0. The number of hydrogen-bond acceptors (Lipinski definition) is 4. The van der Waals surface area contributed by atoms with Crippen LogP contribution in [0.5, 0.6) is 0 Å². The Balaban J connectivity index is 1.39. The number of rotatable bonds is 4. The topological polar surface area (TPSA) is 73.0 Å². The predicted molar refractivity (Wildman–Crippen MR) is 101 cm³/mol. The summed E-state index contributed by atoms with van der Waals surface area (Å²) in [6, 6.07) is 0. The van der Waals surface area contributed by atoms with Crippen LogP contribution in [-0.2, 0) is 14.4 Å². The molecule has 4 saturated heterocycles. The van der Waals surface area contributed by atoms with Crippen molar-refractivity contribution in [2.24, 2.45) is 5.92 Å². The Morgan fingerprint density at radius 2 is 1.78 bits per heavy atom. The first kappa shape index (κ1) is 18.7. The summed E-state index contributed by atoms with van der Waals surface area (Å²) in [5, 5.41) is 3.00. The summed E-state index contributed by atoms with van der Waals surface area (Å²) in [4.78, 5) is 43.7. The Bertz CT molecular complexity index is 649. The van der Waals surface area contributed by atoms with E-state index >= 15 is 0 Å². The summed E-state index contributed by atoms with van der Waals surface area (Å²) >= 11 is 0. The molecule has 0 radical (unpaired) electrons. The minimum Gasteiger partial charge on any atom is -0.354 e. The molecule has 3 amide bonds. The summed E-state index contributed by atoms with van der Waals surface area (Å²) in [5.41, 5.74) is -0.882. The molecule has 3 atom stereocenters. The van der Waals surface area contributed by atoms with E-state index in [1.807, 2.05) is 4.90 Å². The Kier molecular flexibility index (Phi) is 4.69. The van der Waals surface area contributed by atoms with Gasteiger partial charge in [0.2, 0.25) is 17.7 Å². The van der Waals surface area contributed by atoms with Crippen LogP contribution in [0.25, 0.3) is 0 Å². The number of carbonyl (C=O) groups excluding carboxylic acids is 3. The van der Waals surface area contributed by atoms with E-state index in [1.54, 1.807) is 11.8 Å². The molecule has 4 aliphatic heterocycles. The van der Waals surface area contributed by atoms with Crippen LogP contribution in [0.2, 0.25) is 0 Å². The van der Waals surface area contributed by atoms with E-state index in [9.17, 15) is 14.4 Å². The second-order valence-corrected chi connectivity index (χ2v) is 9.00. The summed E-state index contributed by atoms with van der Waals surface area (Å²) < 4.78 is 0. The van der Waals surface area contributed by atoms with Gasteiger partial charge in [-0.05, 0) is 51.0 Å². The quantitative estimate of drug-likeness (QED) is 0.780. The maximum Gasteiger partial charge on any atom is 0.248 e. The van der Waals surface area contributed by atoms with E-state index in [0.29, 0.717) is 19.0 Å². The van der Waals surface area contributed by atoms with Gasteiger partial charge in [-0.1, -0.05) is 6.92 Å². The molecule has 4 heterocycles. The molecule has 4 fully saturated rings.